The zero-order chi connectivity index (χ0) is 25.3. The maximum Gasteiger partial charge on any atom is 0.344 e. The highest BCUT2D eigenvalue weighted by Gasteiger charge is 2.28. The number of piperidine rings is 1. The average Bonchev–Trinajstić information content (AvgIpc) is 2.86. The molecular weight excluding hydrogens is 482 g/mol. The number of nitrogens with two attached hydrogens (primary N) is 1. The lowest BCUT2D eigenvalue weighted by atomic mass is 9.98. The number of phenolic OH excluding ortho intramolecular Hbond substituents is 1. The summed E-state index contributed by atoms with van der Waals surface area (Å²) in [5, 5.41) is 10.1. The fourth-order valence-corrected chi connectivity index (χ4v) is 5.36. The van der Waals surface area contributed by atoms with Gasteiger partial charge in [0.25, 0.3) is 5.91 Å². The number of pyridine rings is 1. The number of fused-ring (bicyclic) bond motifs is 1. The van der Waals surface area contributed by atoms with Crippen molar-refractivity contribution in [1.29, 1.82) is 0 Å². The topological polar surface area (TPSA) is 147 Å². The summed E-state index contributed by atoms with van der Waals surface area (Å²) in [5.74, 6) is 0.378. The van der Waals surface area contributed by atoms with Gasteiger partial charge in [-0.05, 0) is 49.2 Å². The Morgan fingerprint density at radius 3 is 2.86 bits per heavy atom. The molecule has 3 aromatic rings. The van der Waals surface area contributed by atoms with Crippen molar-refractivity contribution < 1.29 is 23.1 Å². The Labute approximate surface area is 208 Å². The highest BCUT2D eigenvalue weighted by Crippen LogP contribution is 2.32. The van der Waals surface area contributed by atoms with Crippen molar-refractivity contribution in [2.24, 2.45) is 16.0 Å². The van der Waals surface area contributed by atoms with Crippen LogP contribution in [0.15, 0.2) is 65.2 Å². The zero-order valence-electron chi connectivity index (χ0n) is 19.3. The summed E-state index contributed by atoms with van der Waals surface area (Å²) < 4.78 is 35.5. The van der Waals surface area contributed by atoms with E-state index in [1.165, 1.54) is 0 Å². The second-order valence-electron chi connectivity index (χ2n) is 8.75. The van der Waals surface area contributed by atoms with Gasteiger partial charge in [0, 0.05) is 36.3 Å². The van der Waals surface area contributed by atoms with Gasteiger partial charge in [-0.25, -0.2) is 0 Å². The van der Waals surface area contributed by atoms with E-state index in [1.807, 2.05) is 0 Å². The number of carbonyl (C=O) groups is 1. The summed E-state index contributed by atoms with van der Waals surface area (Å²) in [6.07, 6.45) is 3.28. The van der Waals surface area contributed by atoms with Crippen LogP contribution in [0.25, 0.3) is 11.3 Å². The molecule has 0 bridgehead atoms. The van der Waals surface area contributed by atoms with Crippen molar-refractivity contribution in [3.63, 3.8) is 0 Å². The van der Waals surface area contributed by atoms with Gasteiger partial charge in [-0.3, -0.25) is 14.5 Å². The van der Waals surface area contributed by atoms with Gasteiger partial charge < -0.3 is 20.5 Å². The zero-order valence-corrected chi connectivity index (χ0v) is 20.1. The maximum atomic E-state index is 13.3. The predicted molar refractivity (Wildman–Crippen MR) is 135 cm³/mol. The fourth-order valence-electron chi connectivity index (χ4n) is 4.51. The first kappa shape index (κ1) is 23.6. The highest BCUT2D eigenvalue weighted by molar-refractivity contribution is 7.91. The molecule has 2 aromatic carbocycles. The van der Waals surface area contributed by atoms with Gasteiger partial charge in [0.2, 0.25) is 0 Å². The number of nitrogens with zero attached hydrogens (tertiary/aromatic N) is 3. The van der Waals surface area contributed by atoms with Gasteiger partial charge in [-0.1, -0.05) is 18.2 Å². The van der Waals surface area contributed by atoms with Crippen LogP contribution in [0.2, 0.25) is 0 Å². The van der Waals surface area contributed by atoms with E-state index in [0.717, 1.165) is 12.8 Å². The van der Waals surface area contributed by atoms with Crippen LogP contribution < -0.4 is 15.2 Å². The van der Waals surface area contributed by atoms with Crippen molar-refractivity contribution in [1.82, 2.24) is 9.88 Å². The molecule has 1 amide bonds. The van der Waals surface area contributed by atoms with E-state index in [4.69, 9.17) is 10.5 Å². The standard InChI is InChI=1S/C25H25N5O5S/c26-24-23-19(28-36(33,34)29-24)7-3-9-22(23)35-15-16-5-4-12-30(14-16)25(32)17-10-11-27-20(13-17)18-6-1-2-8-21(18)31/h1-3,6-11,13,16,28,31H,4-5,12,14-15H2,(H2,26,29)/t16-/m0/s1. The predicted octanol–water partition coefficient (Wildman–Crippen LogP) is 2.76. The van der Waals surface area contributed by atoms with E-state index in [0.29, 0.717) is 53.5 Å². The van der Waals surface area contributed by atoms with Crippen LogP contribution in [0.5, 0.6) is 11.5 Å². The van der Waals surface area contributed by atoms with Crippen LogP contribution in [0.3, 0.4) is 0 Å². The Bertz CT molecular complexity index is 1460. The number of benzene rings is 2. The van der Waals surface area contributed by atoms with Gasteiger partial charge in [0.1, 0.15) is 11.5 Å². The minimum absolute atomic E-state index is 0.0801. The van der Waals surface area contributed by atoms with Gasteiger partial charge in [0.15, 0.2) is 5.84 Å². The number of hydrogen-bond donors (Lipinski definition) is 3. The van der Waals surface area contributed by atoms with Crippen LogP contribution in [0, 0.1) is 5.92 Å². The van der Waals surface area contributed by atoms with Gasteiger partial charge in [-0.2, -0.15) is 8.42 Å². The quantitative estimate of drug-likeness (QED) is 0.481. The smallest absolute Gasteiger partial charge is 0.344 e. The van der Waals surface area contributed by atoms with Crippen LogP contribution in [-0.2, 0) is 10.2 Å². The van der Waals surface area contributed by atoms with E-state index < -0.39 is 10.2 Å². The number of aromatic hydroxyl groups is 1. The minimum atomic E-state index is -3.87. The molecule has 2 aliphatic heterocycles. The molecule has 2 aliphatic rings. The maximum absolute atomic E-state index is 13.3. The molecule has 0 radical (unpaired) electrons. The lowest BCUT2D eigenvalue weighted by Crippen LogP contribution is -2.41. The van der Waals surface area contributed by atoms with Gasteiger partial charge in [-0.15, -0.1) is 4.40 Å². The largest absolute Gasteiger partial charge is 0.507 e. The first-order valence-electron chi connectivity index (χ1n) is 11.5. The van der Waals surface area contributed by atoms with Crippen molar-refractivity contribution in [3.05, 3.63) is 71.9 Å². The molecular formula is C25H25N5O5S. The number of amidine groups is 1. The monoisotopic (exact) mass is 507 g/mol. The Morgan fingerprint density at radius 1 is 1.19 bits per heavy atom. The molecule has 186 valence electrons. The first-order valence-corrected chi connectivity index (χ1v) is 12.9. The summed E-state index contributed by atoms with van der Waals surface area (Å²) >= 11 is 0. The first-order chi connectivity index (χ1) is 17.3. The summed E-state index contributed by atoms with van der Waals surface area (Å²) in [4.78, 5) is 19.4. The van der Waals surface area contributed by atoms with E-state index >= 15 is 0 Å². The number of aromatic nitrogens is 1. The molecule has 0 spiro atoms. The van der Waals surface area contributed by atoms with Crippen molar-refractivity contribution in [2.45, 2.75) is 12.8 Å². The molecule has 5 rings (SSSR count). The normalized spacial score (nSPS) is 18.5. The number of amides is 1. The molecule has 0 unspecified atom stereocenters. The van der Waals surface area contributed by atoms with Crippen molar-refractivity contribution in [3.8, 4) is 22.8 Å². The highest BCUT2D eigenvalue weighted by atomic mass is 32.2. The molecule has 1 saturated heterocycles. The van der Waals surface area contributed by atoms with Crippen molar-refractivity contribution in [2.75, 3.05) is 24.4 Å². The number of phenols is 1. The number of carbonyl (C=O) groups excluding carboxylic acids is 1. The number of anilines is 1. The molecule has 36 heavy (non-hydrogen) atoms. The molecule has 1 fully saturated rings. The van der Waals surface area contributed by atoms with Crippen molar-refractivity contribution >= 4 is 27.6 Å². The summed E-state index contributed by atoms with van der Waals surface area (Å²) in [6.45, 7) is 1.48. The number of nitrogens with one attached hydrogen (secondary N) is 1. The summed E-state index contributed by atoms with van der Waals surface area (Å²) in [7, 11) is -3.87. The molecule has 11 heteroatoms. The average molecular weight is 508 g/mol. The van der Waals surface area contributed by atoms with Gasteiger partial charge >= 0.3 is 10.2 Å². The molecule has 1 aromatic heterocycles. The number of hydrogen-bond acceptors (Lipinski definition) is 7. The molecule has 3 heterocycles. The second-order valence-corrected chi connectivity index (χ2v) is 10.1. The Kier molecular flexibility index (Phi) is 6.23. The van der Waals surface area contributed by atoms with Crippen LogP contribution in [-0.4, -0.2) is 54.8 Å². The van der Waals surface area contributed by atoms with Gasteiger partial charge in [0.05, 0.1) is 23.6 Å². The molecule has 1 atom stereocenters. The molecule has 0 saturated carbocycles. The molecule has 10 nitrogen and oxygen atoms in total. The fraction of sp³-hybridized carbons (Fsp3) is 0.240. The molecule has 4 N–H and O–H groups in total. The van der Waals surface area contributed by atoms with Crippen LogP contribution >= 0.6 is 0 Å². The number of rotatable bonds is 5. The minimum Gasteiger partial charge on any atom is -0.507 e. The lowest BCUT2D eigenvalue weighted by molar-refractivity contribution is 0.0633. The van der Waals surface area contributed by atoms with Crippen LogP contribution in [0.1, 0.15) is 28.8 Å². The molecule has 0 aliphatic carbocycles. The SMILES string of the molecule is NC1=NS(=O)(=O)Nc2cccc(OC[C@H]3CCCN(C(=O)c4ccnc(-c5ccccc5O)c4)C3)c21. The van der Waals surface area contributed by atoms with E-state index in [9.17, 15) is 18.3 Å². The Balaban J connectivity index is 1.28. The van der Waals surface area contributed by atoms with E-state index in [1.54, 1.807) is 65.7 Å². The van der Waals surface area contributed by atoms with E-state index in [-0.39, 0.29) is 23.4 Å². The Morgan fingerprint density at radius 2 is 2.03 bits per heavy atom. The lowest BCUT2D eigenvalue weighted by Gasteiger charge is -2.33. The third-order valence-electron chi connectivity index (χ3n) is 6.21. The summed E-state index contributed by atoms with van der Waals surface area (Å²) in [5.41, 5.74) is 8.21. The van der Waals surface area contributed by atoms with Crippen LogP contribution in [0.4, 0.5) is 5.69 Å². The summed E-state index contributed by atoms with van der Waals surface area (Å²) in [6, 6.07) is 15.2. The third kappa shape index (κ3) is 4.82. The second kappa shape index (κ2) is 9.50. The number of ether oxygens (including phenoxy) is 1. The number of para-hydroxylation sites is 1. The third-order valence-corrected chi connectivity index (χ3v) is 7.12. The van der Waals surface area contributed by atoms with E-state index in [2.05, 4.69) is 14.1 Å². The number of likely N-dealkylation sites (tertiary alicyclic amines) is 1. The Hall–Kier alpha value is -4.12.